The maximum Gasteiger partial charge on any atom is 0.332 e. The Kier molecular flexibility index (Phi) is 2.96. The van der Waals surface area contributed by atoms with Crippen LogP contribution >= 0.6 is 0 Å². The van der Waals surface area contributed by atoms with Crippen molar-refractivity contribution in [2.24, 2.45) is 14.1 Å². The first-order chi connectivity index (χ1) is 11.8. The number of phenols is 1. The summed E-state index contributed by atoms with van der Waals surface area (Å²) in [5, 5.41) is 10.3. The lowest BCUT2D eigenvalue weighted by molar-refractivity contribution is 0.472. The lowest BCUT2D eigenvalue weighted by Gasteiger charge is -2.08. The van der Waals surface area contributed by atoms with E-state index in [0.29, 0.717) is 22.6 Å². The van der Waals surface area contributed by atoms with E-state index in [1.807, 2.05) is 19.9 Å². The van der Waals surface area contributed by atoms with E-state index in [2.05, 4.69) is 4.98 Å². The summed E-state index contributed by atoms with van der Waals surface area (Å²) in [4.78, 5) is 29.4. The molecule has 0 aliphatic rings. The molecule has 1 N–H and O–H groups in total. The monoisotopic (exact) mass is 339 g/mol. The summed E-state index contributed by atoms with van der Waals surface area (Å²) < 4.78 is 5.95. The van der Waals surface area contributed by atoms with Crippen molar-refractivity contribution < 1.29 is 5.11 Å². The zero-order chi connectivity index (χ0) is 18.0. The molecular formula is C17H17N5O3. The third kappa shape index (κ3) is 1.79. The van der Waals surface area contributed by atoms with Gasteiger partial charge in [0.25, 0.3) is 5.56 Å². The summed E-state index contributed by atoms with van der Waals surface area (Å²) in [7, 11) is 3.04. The summed E-state index contributed by atoms with van der Waals surface area (Å²) in [6, 6.07) is 6.93. The van der Waals surface area contributed by atoms with Crippen LogP contribution in [0, 0.1) is 13.8 Å². The summed E-state index contributed by atoms with van der Waals surface area (Å²) in [6.45, 7) is 3.78. The van der Waals surface area contributed by atoms with Crippen LogP contribution in [-0.2, 0) is 14.1 Å². The Bertz CT molecular complexity index is 1290. The van der Waals surface area contributed by atoms with Crippen molar-refractivity contribution in [3.63, 3.8) is 0 Å². The first-order valence-corrected chi connectivity index (χ1v) is 7.79. The number of aryl methyl sites for hydroxylation is 2. The predicted octanol–water partition coefficient (Wildman–Crippen LogP) is 0.998. The molecule has 0 aliphatic heterocycles. The minimum absolute atomic E-state index is 0.108. The molecule has 0 spiro atoms. The van der Waals surface area contributed by atoms with Gasteiger partial charge in [-0.05, 0) is 26.0 Å². The highest BCUT2D eigenvalue weighted by Crippen LogP contribution is 2.28. The summed E-state index contributed by atoms with van der Waals surface area (Å²) in [5.41, 5.74) is 2.06. The molecule has 0 amide bonds. The number of aromatic hydroxyl groups is 1. The third-order valence-electron chi connectivity index (χ3n) is 4.76. The molecule has 0 saturated heterocycles. The number of nitrogens with zero attached hydrogens (tertiary/aromatic N) is 5. The maximum atomic E-state index is 12.7. The number of imidazole rings is 2. The van der Waals surface area contributed by atoms with Gasteiger partial charge in [-0.1, -0.05) is 12.1 Å². The lowest BCUT2D eigenvalue weighted by atomic mass is 10.2. The molecule has 0 unspecified atom stereocenters. The smallest absolute Gasteiger partial charge is 0.332 e. The van der Waals surface area contributed by atoms with Gasteiger partial charge in [0.05, 0.1) is 5.69 Å². The molecular weight excluding hydrogens is 322 g/mol. The van der Waals surface area contributed by atoms with Gasteiger partial charge in [0, 0.05) is 25.5 Å². The van der Waals surface area contributed by atoms with Crippen molar-refractivity contribution in [1.29, 1.82) is 0 Å². The minimum atomic E-state index is -0.429. The van der Waals surface area contributed by atoms with Crippen molar-refractivity contribution in [3.8, 4) is 11.4 Å². The van der Waals surface area contributed by atoms with Crippen LogP contribution in [0.15, 0.2) is 33.9 Å². The fraction of sp³-hybridized carbons (Fsp3) is 0.235. The Morgan fingerprint density at radius 2 is 1.68 bits per heavy atom. The van der Waals surface area contributed by atoms with Crippen molar-refractivity contribution >= 4 is 16.9 Å². The van der Waals surface area contributed by atoms with Crippen LogP contribution in [0.3, 0.4) is 0 Å². The zero-order valence-corrected chi connectivity index (χ0v) is 14.3. The minimum Gasteiger partial charge on any atom is -0.506 e. The highest BCUT2D eigenvalue weighted by Gasteiger charge is 2.23. The average molecular weight is 339 g/mol. The number of fused-ring (bicyclic) bond motifs is 3. The highest BCUT2D eigenvalue weighted by atomic mass is 16.3. The van der Waals surface area contributed by atoms with Gasteiger partial charge in [0.15, 0.2) is 11.2 Å². The van der Waals surface area contributed by atoms with E-state index in [1.165, 1.54) is 11.6 Å². The van der Waals surface area contributed by atoms with E-state index in [1.54, 1.807) is 34.2 Å². The van der Waals surface area contributed by atoms with Gasteiger partial charge in [0.2, 0.25) is 5.78 Å². The Hall–Kier alpha value is -3.29. The standard InChI is InChI=1S/C17H17N5O3/c1-9-10(2)22-13-14(19(3)17(25)20(4)15(13)24)18-16(22)21(9)11-7-5-6-8-12(11)23/h5-8,23H,1-4H3. The van der Waals surface area contributed by atoms with Crippen LogP contribution in [-0.4, -0.2) is 28.2 Å². The molecule has 0 radical (unpaired) electrons. The summed E-state index contributed by atoms with van der Waals surface area (Å²) >= 11 is 0. The predicted molar refractivity (Wildman–Crippen MR) is 93.6 cm³/mol. The van der Waals surface area contributed by atoms with Crippen molar-refractivity contribution in [2.75, 3.05) is 0 Å². The SMILES string of the molecule is Cc1c(C)n2c3c(=O)n(C)c(=O)n(C)c3nc2n1-c1ccccc1O. The van der Waals surface area contributed by atoms with Crippen LogP contribution in [0.25, 0.3) is 22.6 Å². The fourth-order valence-electron chi connectivity index (χ4n) is 3.27. The molecule has 0 aliphatic carbocycles. The van der Waals surface area contributed by atoms with Gasteiger partial charge in [-0.2, -0.15) is 4.98 Å². The van der Waals surface area contributed by atoms with Gasteiger partial charge >= 0.3 is 5.69 Å². The van der Waals surface area contributed by atoms with Gasteiger partial charge < -0.3 is 5.11 Å². The Morgan fingerprint density at radius 3 is 2.36 bits per heavy atom. The van der Waals surface area contributed by atoms with Gasteiger partial charge in [-0.3, -0.25) is 22.9 Å². The number of para-hydroxylation sites is 2. The Morgan fingerprint density at radius 1 is 1.00 bits per heavy atom. The van der Waals surface area contributed by atoms with Gasteiger partial charge in [-0.15, -0.1) is 0 Å². The van der Waals surface area contributed by atoms with E-state index < -0.39 is 11.2 Å². The van der Waals surface area contributed by atoms with Crippen LogP contribution in [0.2, 0.25) is 0 Å². The summed E-state index contributed by atoms with van der Waals surface area (Å²) in [5.74, 6) is 0.585. The molecule has 3 heterocycles. The molecule has 128 valence electrons. The number of hydrogen-bond acceptors (Lipinski definition) is 4. The molecule has 0 fully saturated rings. The second-order valence-corrected chi connectivity index (χ2v) is 6.12. The van der Waals surface area contributed by atoms with E-state index in [-0.39, 0.29) is 5.75 Å². The van der Waals surface area contributed by atoms with Crippen LogP contribution in [0.4, 0.5) is 0 Å². The number of rotatable bonds is 1. The Balaban J connectivity index is 2.30. The van der Waals surface area contributed by atoms with Gasteiger partial charge in [0.1, 0.15) is 5.75 Å². The van der Waals surface area contributed by atoms with E-state index in [9.17, 15) is 14.7 Å². The summed E-state index contributed by atoms with van der Waals surface area (Å²) in [6.07, 6.45) is 0. The Labute approximate surface area is 141 Å². The molecule has 25 heavy (non-hydrogen) atoms. The van der Waals surface area contributed by atoms with E-state index in [0.717, 1.165) is 16.0 Å². The van der Waals surface area contributed by atoms with Gasteiger partial charge in [-0.25, -0.2) is 4.79 Å². The lowest BCUT2D eigenvalue weighted by Crippen LogP contribution is -2.37. The van der Waals surface area contributed by atoms with E-state index >= 15 is 0 Å². The molecule has 8 heteroatoms. The second kappa shape index (κ2) is 4.85. The van der Waals surface area contributed by atoms with Crippen molar-refractivity contribution in [1.82, 2.24) is 23.1 Å². The normalized spacial score (nSPS) is 11.7. The van der Waals surface area contributed by atoms with Crippen LogP contribution < -0.4 is 11.2 Å². The first kappa shape index (κ1) is 15.3. The zero-order valence-electron chi connectivity index (χ0n) is 14.3. The number of aromatic nitrogens is 5. The maximum absolute atomic E-state index is 12.7. The van der Waals surface area contributed by atoms with Crippen LogP contribution in [0.1, 0.15) is 11.4 Å². The first-order valence-electron chi connectivity index (χ1n) is 7.79. The van der Waals surface area contributed by atoms with Crippen molar-refractivity contribution in [3.05, 3.63) is 56.5 Å². The molecule has 1 aromatic carbocycles. The van der Waals surface area contributed by atoms with Crippen LogP contribution in [0.5, 0.6) is 5.75 Å². The number of phenolic OH excluding ortho intramolecular Hbond substituents is 1. The molecule has 4 aromatic rings. The molecule has 4 rings (SSSR count). The molecule has 0 saturated carbocycles. The number of hydrogen-bond donors (Lipinski definition) is 1. The average Bonchev–Trinajstić information content (AvgIpc) is 3.09. The molecule has 3 aromatic heterocycles. The highest BCUT2D eigenvalue weighted by molar-refractivity contribution is 5.77. The topological polar surface area (TPSA) is 86.5 Å². The third-order valence-corrected chi connectivity index (χ3v) is 4.76. The second-order valence-electron chi connectivity index (χ2n) is 6.12. The quantitative estimate of drug-likeness (QED) is 0.560. The molecule has 8 nitrogen and oxygen atoms in total. The van der Waals surface area contributed by atoms with Crippen molar-refractivity contribution in [2.45, 2.75) is 13.8 Å². The van der Waals surface area contributed by atoms with E-state index in [4.69, 9.17) is 0 Å². The number of benzene rings is 1. The largest absolute Gasteiger partial charge is 0.506 e. The molecule has 0 bridgehead atoms. The fourth-order valence-corrected chi connectivity index (χ4v) is 3.27. The molecule has 0 atom stereocenters.